The normalized spacial score (nSPS) is 10.2. The Kier molecular flexibility index (Phi) is 3.75. The van der Waals surface area contributed by atoms with Gasteiger partial charge in [-0.3, -0.25) is 4.79 Å². The molecule has 0 saturated heterocycles. The minimum absolute atomic E-state index is 0.105. The van der Waals surface area contributed by atoms with Crippen LogP contribution >= 0.6 is 0 Å². The van der Waals surface area contributed by atoms with Crippen LogP contribution in [-0.4, -0.2) is 18.8 Å². The van der Waals surface area contributed by atoms with Crippen LogP contribution in [0.4, 0.5) is 5.69 Å². The van der Waals surface area contributed by atoms with Crippen molar-refractivity contribution in [2.24, 2.45) is 0 Å². The third-order valence-corrected chi connectivity index (χ3v) is 2.84. The SMILES string of the molecule is COc1ccc(Cn2cc(N)ccc2=O)c(OC)c1. The number of nitrogen functional groups attached to an aromatic ring is 1. The van der Waals surface area contributed by atoms with Crippen LogP contribution in [0.3, 0.4) is 0 Å². The van der Waals surface area contributed by atoms with Crippen molar-refractivity contribution in [2.45, 2.75) is 6.54 Å². The molecule has 5 heteroatoms. The lowest BCUT2D eigenvalue weighted by molar-refractivity contribution is 0.390. The molecule has 0 radical (unpaired) electrons. The molecule has 2 aromatic rings. The lowest BCUT2D eigenvalue weighted by Crippen LogP contribution is -2.19. The van der Waals surface area contributed by atoms with E-state index in [-0.39, 0.29) is 5.56 Å². The van der Waals surface area contributed by atoms with Crippen molar-refractivity contribution >= 4 is 5.69 Å². The van der Waals surface area contributed by atoms with Crippen molar-refractivity contribution in [1.82, 2.24) is 4.57 Å². The minimum Gasteiger partial charge on any atom is -0.497 e. The average Bonchev–Trinajstić information content (AvgIpc) is 2.43. The zero-order valence-corrected chi connectivity index (χ0v) is 10.9. The summed E-state index contributed by atoms with van der Waals surface area (Å²) in [6.07, 6.45) is 1.62. The van der Waals surface area contributed by atoms with Crippen LogP contribution in [0.15, 0.2) is 41.3 Å². The van der Waals surface area contributed by atoms with Gasteiger partial charge >= 0.3 is 0 Å². The average molecular weight is 260 g/mol. The van der Waals surface area contributed by atoms with Crippen LogP contribution < -0.4 is 20.8 Å². The molecule has 0 bridgehead atoms. The quantitative estimate of drug-likeness (QED) is 0.904. The molecule has 1 heterocycles. The third-order valence-electron chi connectivity index (χ3n) is 2.84. The molecule has 5 nitrogen and oxygen atoms in total. The van der Waals surface area contributed by atoms with Crippen LogP contribution in [0.2, 0.25) is 0 Å². The number of ether oxygens (including phenoxy) is 2. The molecule has 0 atom stereocenters. The summed E-state index contributed by atoms with van der Waals surface area (Å²) < 4.78 is 12.0. The summed E-state index contributed by atoms with van der Waals surface area (Å²) in [5.41, 5.74) is 7.02. The van der Waals surface area contributed by atoms with E-state index in [1.54, 1.807) is 37.1 Å². The maximum absolute atomic E-state index is 11.7. The Hall–Kier alpha value is -2.43. The second kappa shape index (κ2) is 5.48. The van der Waals surface area contributed by atoms with E-state index in [1.807, 2.05) is 12.1 Å². The first-order valence-corrected chi connectivity index (χ1v) is 5.81. The van der Waals surface area contributed by atoms with Crippen molar-refractivity contribution in [3.05, 3.63) is 52.4 Å². The zero-order valence-electron chi connectivity index (χ0n) is 10.9. The summed E-state index contributed by atoms with van der Waals surface area (Å²) in [7, 11) is 3.18. The van der Waals surface area contributed by atoms with Crippen LogP contribution in [0.25, 0.3) is 0 Å². The van der Waals surface area contributed by atoms with E-state index >= 15 is 0 Å². The zero-order chi connectivity index (χ0) is 13.8. The van der Waals surface area contributed by atoms with Crippen molar-refractivity contribution in [3.63, 3.8) is 0 Å². The van der Waals surface area contributed by atoms with E-state index in [2.05, 4.69) is 0 Å². The molecule has 100 valence electrons. The third kappa shape index (κ3) is 2.88. The number of anilines is 1. The van der Waals surface area contributed by atoms with E-state index in [9.17, 15) is 4.79 Å². The molecule has 1 aromatic carbocycles. The van der Waals surface area contributed by atoms with Crippen LogP contribution in [0, 0.1) is 0 Å². The molecule has 19 heavy (non-hydrogen) atoms. The molecule has 0 aliphatic rings. The van der Waals surface area contributed by atoms with Crippen molar-refractivity contribution in [2.75, 3.05) is 20.0 Å². The maximum Gasteiger partial charge on any atom is 0.250 e. The van der Waals surface area contributed by atoms with Crippen LogP contribution in [-0.2, 0) is 6.54 Å². The Morgan fingerprint density at radius 3 is 2.63 bits per heavy atom. The van der Waals surface area contributed by atoms with Crippen molar-refractivity contribution < 1.29 is 9.47 Å². The Bertz CT molecular complexity index is 635. The Balaban J connectivity index is 2.37. The summed E-state index contributed by atoms with van der Waals surface area (Å²) in [6.45, 7) is 0.400. The van der Waals surface area contributed by atoms with Gasteiger partial charge in [-0.25, -0.2) is 0 Å². The highest BCUT2D eigenvalue weighted by Crippen LogP contribution is 2.25. The fourth-order valence-electron chi connectivity index (χ4n) is 1.84. The number of benzene rings is 1. The first-order chi connectivity index (χ1) is 9.13. The second-order valence-electron chi connectivity index (χ2n) is 4.11. The van der Waals surface area contributed by atoms with Gasteiger partial charge in [-0.05, 0) is 18.2 Å². The molecule has 0 amide bonds. The number of aromatic nitrogens is 1. The minimum atomic E-state index is -0.105. The number of hydrogen-bond donors (Lipinski definition) is 1. The van der Waals surface area contributed by atoms with Gasteiger partial charge in [0, 0.05) is 29.6 Å². The second-order valence-corrected chi connectivity index (χ2v) is 4.11. The molecule has 0 saturated carbocycles. The van der Waals surface area contributed by atoms with Gasteiger partial charge in [0.15, 0.2) is 0 Å². The number of hydrogen-bond acceptors (Lipinski definition) is 4. The van der Waals surface area contributed by atoms with Gasteiger partial charge < -0.3 is 19.8 Å². The van der Waals surface area contributed by atoms with Gasteiger partial charge in [-0.15, -0.1) is 0 Å². The topological polar surface area (TPSA) is 66.5 Å². The molecule has 2 N–H and O–H groups in total. The molecule has 0 aliphatic carbocycles. The highest BCUT2D eigenvalue weighted by Gasteiger charge is 2.07. The molecule has 0 unspecified atom stereocenters. The molecule has 2 rings (SSSR count). The summed E-state index contributed by atoms with van der Waals surface area (Å²) in [5, 5.41) is 0. The van der Waals surface area contributed by atoms with Gasteiger partial charge in [0.1, 0.15) is 11.5 Å². The highest BCUT2D eigenvalue weighted by molar-refractivity contribution is 5.41. The van der Waals surface area contributed by atoms with Crippen molar-refractivity contribution in [3.8, 4) is 11.5 Å². The van der Waals surface area contributed by atoms with Gasteiger partial charge in [-0.2, -0.15) is 0 Å². The summed E-state index contributed by atoms with van der Waals surface area (Å²) in [6, 6.07) is 8.52. The lowest BCUT2D eigenvalue weighted by Gasteiger charge is -2.12. The van der Waals surface area contributed by atoms with Crippen LogP contribution in [0.1, 0.15) is 5.56 Å². The highest BCUT2D eigenvalue weighted by atomic mass is 16.5. The molecular weight excluding hydrogens is 244 g/mol. The number of rotatable bonds is 4. The number of nitrogens with zero attached hydrogens (tertiary/aromatic N) is 1. The largest absolute Gasteiger partial charge is 0.497 e. The fraction of sp³-hybridized carbons (Fsp3) is 0.214. The Labute approximate surface area is 111 Å². The predicted octanol–water partition coefficient (Wildman–Crippen LogP) is 1.50. The molecular formula is C14H16N2O3. The van der Waals surface area contributed by atoms with Gasteiger partial charge in [-0.1, -0.05) is 0 Å². The maximum atomic E-state index is 11.7. The van der Waals surface area contributed by atoms with E-state index in [4.69, 9.17) is 15.2 Å². The van der Waals surface area contributed by atoms with Gasteiger partial charge in [0.05, 0.1) is 20.8 Å². The van der Waals surface area contributed by atoms with Gasteiger partial charge in [0.2, 0.25) is 0 Å². The summed E-state index contributed by atoms with van der Waals surface area (Å²) in [4.78, 5) is 11.7. The van der Waals surface area contributed by atoms with Gasteiger partial charge in [0.25, 0.3) is 5.56 Å². The first kappa shape index (κ1) is 13.0. The lowest BCUT2D eigenvalue weighted by atomic mass is 10.2. The Morgan fingerprint density at radius 1 is 1.16 bits per heavy atom. The Morgan fingerprint density at radius 2 is 1.95 bits per heavy atom. The van der Waals surface area contributed by atoms with E-state index in [0.29, 0.717) is 23.7 Å². The number of pyridine rings is 1. The predicted molar refractivity (Wildman–Crippen MR) is 73.8 cm³/mol. The molecule has 0 fully saturated rings. The molecule has 0 spiro atoms. The summed E-state index contributed by atoms with van der Waals surface area (Å²) >= 11 is 0. The standard InChI is InChI=1S/C14H16N2O3/c1-18-12-5-3-10(13(7-12)19-2)8-16-9-11(15)4-6-14(16)17/h3-7,9H,8,15H2,1-2H3. The van der Waals surface area contributed by atoms with E-state index in [0.717, 1.165) is 5.56 Å². The smallest absolute Gasteiger partial charge is 0.250 e. The monoisotopic (exact) mass is 260 g/mol. The first-order valence-electron chi connectivity index (χ1n) is 5.81. The fourth-order valence-corrected chi connectivity index (χ4v) is 1.84. The molecule has 0 aliphatic heterocycles. The molecule has 1 aromatic heterocycles. The van der Waals surface area contributed by atoms with Crippen LogP contribution in [0.5, 0.6) is 11.5 Å². The number of methoxy groups -OCH3 is 2. The van der Waals surface area contributed by atoms with E-state index in [1.165, 1.54) is 6.07 Å². The summed E-state index contributed by atoms with van der Waals surface area (Å²) in [5.74, 6) is 1.38. The van der Waals surface area contributed by atoms with E-state index < -0.39 is 0 Å². The number of nitrogens with two attached hydrogens (primary N) is 1. The van der Waals surface area contributed by atoms with Crippen molar-refractivity contribution in [1.29, 1.82) is 0 Å².